The van der Waals surface area contributed by atoms with Gasteiger partial charge in [-0.15, -0.1) is 0 Å². The van der Waals surface area contributed by atoms with E-state index >= 15 is 0 Å². The van der Waals surface area contributed by atoms with E-state index < -0.39 is 10.0 Å². The summed E-state index contributed by atoms with van der Waals surface area (Å²) in [6, 6.07) is 3.17. The van der Waals surface area contributed by atoms with E-state index in [1.54, 1.807) is 18.0 Å². The van der Waals surface area contributed by atoms with Gasteiger partial charge in [0.2, 0.25) is 15.9 Å². The smallest absolute Gasteiger partial charge is 0.244 e. The number of aromatic nitrogens is 2. The average molecular weight is 383 g/mol. The predicted molar refractivity (Wildman–Crippen MR) is 98.4 cm³/mol. The van der Waals surface area contributed by atoms with Gasteiger partial charge in [0.15, 0.2) is 11.0 Å². The lowest BCUT2D eigenvalue weighted by Gasteiger charge is -2.25. The zero-order chi connectivity index (χ0) is 19.6. The molecule has 1 aromatic heterocycles. The molecule has 2 rings (SSSR count). The highest BCUT2D eigenvalue weighted by atomic mass is 32.2. The molecule has 26 heavy (non-hydrogen) atoms. The summed E-state index contributed by atoms with van der Waals surface area (Å²) in [7, 11) is 2.85. The zero-order valence-electron chi connectivity index (χ0n) is 15.9. The maximum atomic E-state index is 12.4. The Balaban J connectivity index is 2.29. The molecular weight excluding hydrogens is 358 g/mol. The van der Waals surface area contributed by atoms with E-state index in [4.69, 9.17) is 4.63 Å². The number of carbonyl (C=O) groups excluding carboxylic acids is 1. The Labute approximate surface area is 153 Å². The molecule has 0 aliphatic carbocycles. The molecule has 0 aliphatic heterocycles. The fourth-order valence-electron chi connectivity index (χ4n) is 2.52. The first-order valence-corrected chi connectivity index (χ1v) is 9.65. The molecule has 0 bridgehead atoms. The zero-order valence-corrected chi connectivity index (χ0v) is 16.7. The molecule has 0 aliphatic rings. The van der Waals surface area contributed by atoms with E-state index in [1.807, 2.05) is 25.8 Å². The molecule has 9 nitrogen and oxygen atoms in total. The molecule has 0 N–H and O–H groups in total. The van der Waals surface area contributed by atoms with Crippen LogP contribution in [0.5, 0.6) is 0 Å². The van der Waals surface area contributed by atoms with Gasteiger partial charge in [-0.3, -0.25) is 4.79 Å². The fourth-order valence-corrected chi connectivity index (χ4v) is 3.53. The standard InChI is InChI=1S/C16H25N5O4S/c1-11(2)16(22)21(6)10-9-20(5)12-7-8-13(26(23,24)19(3)4)15-14(12)17-25-18-15/h7-8,11H,9-10H2,1-6H3. The van der Waals surface area contributed by atoms with Crippen molar-refractivity contribution in [2.24, 2.45) is 5.92 Å². The van der Waals surface area contributed by atoms with Gasteiger partial charge < -0.3 is 9.80 Å². The van der Waals surface area contributed by atoms with Crippen molar-refractivity contribution in [3.05, 3.63) is 12.1 Å². The van der Waals surface area contributed by atoms with Crippen LogP contribution in [0.15, 0.2) is 21.7 Å². The topological polar surface area (TPSA) is 99.9 Å². The summed E-state index contributed by atoms with van der Waals surface area (Å²) in [6.45, 7) is 4.79. The second-order valence-electron chi connectivity index (χ2n) is 6.67. The third-order valence-corrected chi connectivity index (χ3v) is 6.01. The molecule has 0 saturated carbocycles. The Morgan fingerprint density at radius 2 is 1.69 bits per heavy atom. The average Bonchev–Trinajstić information content (AvgIpc) is 3.06. The summed E-state index contributed by atoms with van der Waals surface area (Å²) in [5.74, 6) is 0.00588. The molecule has 0 unspecified atom stereocenters. The van der Waals surface area contributed by atoms with Crippen LogP contribution in [0, 0.1) is 5.92 Å². The van der Waals surface area contributed by atoms with Crippen LogP contribution in [0.4, 0.5) is 5.69 Å². The van der Waals surface area contributed by atoms with Crippen LogP contribution in [-0.4, -0.2) is 75.1 Å². The van der Waals surface area contributed by atoms with E-state index in [0.717, 1.165) is 4.31 Å². The third kappa shape index (κ3) is 3.80. The number of amides is 1. The molecule has 2 aromatic rings. The van der Waals surface area contributed by atoms with Gasteiger partial charge >= 0.3 is 0 Å². The lowest BCUT2D eigenvalue weighted by atomic mass is 10.2. The largest absolute Gasteiger partial charge is 0.371 e. The molecule has 0 spiro atoms. The number of nitrogens with zero attached hydrogens (tertiary/aromatic N) is 5. The molecular formula is C16H25N5O4S. The maximum Gasteiger partial charge on any atom is 0.244 e. The minimum absolute atomic E-state index is 0.0444. The number of sulfonamides is 1. The quantitative estimate of drug-likeness (QED) is 0.704. The molecule has 0 atom stereocenters. The number of hydrogen-bond donors (Lipinski definition) is 0. The Hall–Kier alpha value is -2.20. The predicted octanol–water partition coefficient (Wildman–Crippen LogP) is 1.02. The van der Waals surface area contributed by atoms with Gasteiger partial charge in [-0.25, -0.2) is 17.4 Å². The molecule has 0 radical (unpaired) electrons. The van der Waals surface area contributed by atoms with Gasteiger partial charge in [0, 0.05) is 47.2 Å². The van der Waals surface area contributed by atoms with E-state index in [9.17, 15) is 13.2 Å². The van der Waals surface area contributed by atoms with Crippen molar-refractivity contribution >= 4 is 32.7 Å². The highest BCUT2D eigenvalue weighted by Gasteiger charge is 2.25. The van der Waals surface area contributed by atoms with Crippen molar-refractivity contribution in [3.63, 3.8) is 0 Å². The van der Waals surface area contributed by atoms with Crippen LogP contribution in [0.2, 0.25) is 0 Å². The van der Waals surface area contributed by atoms with E-state index in [0.29, 0.717) is 24.3 Å². The number of carbonyl (C=O) groups is 1. The van der Waals surface area contributed by atoms with Crippen molar-refractivity contribution in [2.75, 3.05) is 46.2 Å². The summed E-state index contributed by atoms with van der Waals surface area (Å²) in [5.41, 5.74) is 1.24. The Morgan fingerprint density at radius 3 is 2.27 bits per heavy atom. The Kier molecular flexibility index (Phi) is 5.87. The van der Waals surface area contributed by atoms with Gasteiger partial charge in [-0.05, 0) is 22.4 Å². The number of likely N-dealkylation sites (N-methyl/N-ethyl adjacent to an activating group) is 2. The second kappa shape index (κ2) is 7.58. The number of benzene rings is 1. The van der Waals surface area contributed by atoms with Crippen molar-refractivity contribution in [3.8, 4) is 0 Å². The molecule has 0 fully saturated rings. The SMILES string of the molecule is CC(C)C(=O)N(C)CCN(C)c1ccc(S(=O)(=O)N(C)C)c2nonc12. The summed E-state index contributed by atoms with van der Waals surface area (Å²) in [6.07, 6.45) is 0. The number of fused-ring (bicyclic) bond motifs is 1. The van der Waals surface area contributed by atoms with Crippen LogP contribution in [0.1, 0.15) is 13.8 Å². The highest BCUT2D eigenvalue weighted by molar-refractivity contribution is 7.89. The summed E-state index contributed by atoms with van der Waals surface area (Å²) >= 11 is 0. The van der Waals surface area contributed by atoms with Gasteiger partial charge in [-0.2, -0.15) is 0 Å². The van der Waals surface area contributed by atoms with Crippen molar-refractivity contribution in [1.82, 2.24) is 19.5 Å². The van der Waals surface area contributed by atoms with E-state index in [1.165, 1.54) is 20.2 Å². The Bertz CT molecular complexity index is 891. The molecule has 144 valence electrons. The van der Waals surface area contributed by atoms with Crippen molar-refractivity contribution in [1.29, 1.82) is 0 Å². The Morgan fingerprint density at radius 1 is 1.08 bits per heavy atom. The summed E-state index contributed by atoms with van der Waals surface area (Å²) in [5, 5.41) is 7.65. The third-order valence-electron chi connectivity index (χ3n) is 4.17. The minimum atomic E-state index is -3.66. The van der Waals surface area contributed by atoms with Crippen LogP contribution >= 0.6 is 0 Å². The van der Waals surface area contributed by atoms with Gasteiger partial charge in [-0.1, -0.05) is 13.8 Å². The monoisotopic (exact) mass is 383 g/mol. The van der Waals surface area contributed by atoms with Crippen molar-refractivity contribution < 1.29 is 17.8 Å². The number of anilines is 1. The first kappa shape index (κ1) is 20.1. The lowest BCUT2D eigenvalue weighted by Crippen LogP contribution is -2.37. The normalized spacial score (nSPS) is 12.2. The van der Waals surface area contributed by atoms with Crippen LogP contribution in [0.3, 0.4) is 0 Å². The fraction of sp³-hybridized carbons (Fsp3) is 0.562. The lowest BCUT2D eigenvalue weighted by molar-refractivity contribution is -0.132. The summed E-state index contributed by atoms with van der Waals surface area (Å²) in [4.78, 5) is 15.6. The van der Waals surface area contributed by atoms with Gasteiger partial charge in [0.1, 0.15) is 4.90 Å². The van der Waals surface area contributed by atoms with Crippen molar-refractivity contribution in [2.45, 2.75) is 18.7 Å². The van der Waals surface area contributed by atoms with Gasteiger partial charge in [0.05, 0.1) is 5.69 Å². The first-order valence-electron chi connectivity index (χ1n) is 8.21. The maximum absolute atomic E-state index is 12.4. The molecule has 1 heterocycles. The summed E-state index contributed by atoms with van der Waals surface area (Å²) < 4.78 is 30.8. The highest BCUT2D eigenvalue weighted by Crippen LogP contribution is 2.29. The van der Waals surface area contributed by atoms with Crippen LogP contribution in [-0.2, 0) is 14.8 Å². The molecule has 10 heteroatoms. The molecule has 0 saturated heterocycles. The number of rotatable bonds is 7. The minimum Gasteiger partial charge on any atom is -0.371 e. The second-order valence-corrected chi connectivity index (χ2v) is 8.79. The molecule has 1 aromatic carbocycles. The van der Waals surface area contributed by atoms with Crippen LogP contribution < -0.4 is 4.90 Å². The van der Waals surface area contributed by atoms with E-state index in [2.05, 4.69) is 10.3 Å². The van der Waals surface area contributed by atoms with Crippen LogP contribution in [0.25, 0.3) is 11.0 Å². The first-order chi connectivity index (χ1) is 12.1. The number of hydrogen-bond acceptors (Lipinski definition) is 7. The van der Waals surface area contributed by atoms with E-state index in [-0.39, 0.29) is 22.2 Å². The van der Waals surface area contributed by atoms with Gasteiger partial charge in [0.25, 0.3) is 0 Å². The molecule has 1 amide bonds.